The Morgan fingerprint density at radius 3 is 2.67 bits per heavy atom. The van der Waals surface area contributed by atoms with Crippen LogP contribution in [0, 0.1) is 5.92 Å². The number of fused-ring (bicyclic) bond motifs is 1. The molecule has 1 aliphatic carbocycles. The molecule has 2 aliphatic rings. The number of aliphatic imine (C=N–C) groups is 1. The lowest BCUT2D eigenvalue weighted by molar-refractivity contribution is -0.116. The minimum Gasteiger partial charge on any atom is -0.356 e. The maximum Gasteiger partial charge on any atom is 0.166 e. The van der Waals surface area contributed by atoms with Crippen molar-refractivity contribution < 1.29 is 4.79 Å². The molecule has 3 nitrogen and oxygen atoms in total. The molecule has 4 rings (SSSR count). The van der Waals surface area contributed by atoms with E-state index in [2.05, 4.69) is 34.6 Å². The zero-order chi connectivity index (χ0) is 16.4. The van der Waals surface area contributed by atoms with Gasteiger partial charge < -0.3 is 5.32 Å². The molecule has 1 heterocycles. The molecule has 0 saturated carbocycles. The van der Waals surface area contributed by atoms with Crippen LogP contribution in [0.5, 0.6) is 0 Å². The lowest BCUT2D eigenvalue weighted by Gasteiger charge is -2.23. The van der Waals surface area contributed by atoms with Crippen LogP contribution in [0.25, 0.3) is 6.08 Å². The number of ketones is 1. The van der Waals surface area contributed by atoms with E-state index in [0.717, 1.165) is 34.6 Å². The van der Waals surface area contributed by atoms with E-state index in [1.54, 1.807) is 6.21 Å². The number of Topliss-reactive ketones (excluding diaryl/α,β-unsaturated/α-hetero) is 1. The third-order valence-corrected chi connectivity index (χ3v) is 4.42. The van der Waals surface area contributed by atoms with Gasteiger partial charge in [0.15, 0.2) is 5.78 Å². The van der Waals surface area contributed by atoms with E-state index in [-0.39, 0.29) is 11.7 Å². The first-order valence-electron chi connectivity index (χ1n) is 8.19. The summed E-state index contributed by atoms with van der Waals surface area (Å²) in [7, 11) is 0. The highest BCUT2D eigenvalue weighted by Gasteiger charge is 2.27. The van der Waals surface area contributed by atoms with E-state index >= 15 is 0 Å². The summed E-state index contributed by atoms with van der Waals surface area (Å²) in [5.41, 5.74) is 4.68. The summed E-state index contributed by atoms with van der Waals surface area (Å²) in [4.78, 5) is 17.0. The molecule has 0 amide bonds. The third kappa shape index (κ3) is 2.93. The van der Waals surface area contributed by atoms with Gasteiger partial charge >= 0.3 is 0 Å². The first-order chi connectivity index (χ1) is 11.8. The minimum absolute atomic E-state index is 0.156. The molecular formula is C21H18N2O. The Labute approximate surface area is 141 Å². The Morgan fingerprint density at radius 1 is 1.00 bits per heavy atom. The van der Waals surface area contributed by atoms with Gasteiger partial charge in [-0.1, -0.05) is 54.6 Å². The predicted octanol–water partition coefficient (Wildman–Crippen LogP) is 4.76. The van der Waals surface area contributed by atoms with Crippen molar-refractivity contribution in [1.29, 1.82) is 0 Å². The van der Waals surface area contributed by atoms with E-state index in [9.17, 15) is 4.79 Å². The number of carbonyl (C=O) groups excluding carboxylic acids is 1. The van der Waals surface area contributed by atoms with Gasteiger partial charge in [-0.3, -0.25) is 9.79 Å². The largest absolute Gasteiger partial charge is 0.356 e. The Bertz CT molecular complexity index is 862. The number of nitrogens with one attached hydrogen (secondary N) is 1. The number of hydrogen-bond acceptors (Lipinski definition) is 3. The second kappa shape index (κ2) is 6.28. The molecule has 0 radical (unpaired) electrons. The van der Waals surface area contributed by atoms with E-state index < -0.39 is 0 Å². The smallest absolute Gasteiger partial charge is 0.166 e. The molecule has 118 valence electrons. The van der Waals surface area contributed by atoms with Crippen molar-refractivity contribution in [2.24, 2.45) is 10.9 Å². The zero-order valence-corrected chi connectivity index (χ0v) is 13.3. The highest BCUT2D eigenvalue weighted by molar-refractivity contribution is 6.16. The van der Waals surface area contributed by atoms with Gasteiger partial charge in [0.05, 0.1) is 16.9 Å². The number of rotatable bonds is 2. The van der Waals surface area contributed by atoms with Crippen LogP contribution in [0.15, 0.2) is 76.9 Å². The van der Waals surface area contributed by atoms with Crippen molar-refractivity contribution >= 4 is 29.4 Å². The molecule has 3 heteroatoms. The second-order valence-electron chi connectivity index (χ2n) is 6.15. The summed E-state index contributed by atoms with van der Waals surface area (Å²) in [6, 6.07) is 18.1. The molecule has 0 aromatic heterocycles. The van der Waals surface area contributed by atoms with Crippen LogP contribution in [0.1, 0.15) is 18.4 Å². The Hall–Kier alpha value is -2.94. The van der Waals surface area contributed by atoms with Crippen LogP contribution >= 0.6 is 0 Å². The second-order valence-corrected chi connectivity index (χ2v) is 6.15. The number of para-hydroxylation sites is 2. The van der Waals surface area contributed by atoms with Gasteiger partial charge in [0.1, 0.15) is 0 Å². The molecule has 1 N–H and O–H groups in total. The van der Waals surface area contributed by atoms with Gasteiger partial charge in [0.2, 0.25) is 0 Å². The number of allylic oxidation sites excluding steroid dienone is 3. The maximum absolute atomic E-state index is 12.5. The van der Waals surface area contributed by atoms with Gasteiger partial charge in [0, 0.05) is 18.3 Å². The van der Waals surface area contributed by atoms with Crippen molar-refractivity contribution in [2.45, 2.75) is 12.8 Å². The fourth-order valence-electron chi connectivity index (χ4n) is 3.16. The summed E-state index contributed by atoms with van der Waals surface area (Å²) in [6.07, 6.45) is 7.32. The fraction of sp³-hybridized carbons (Fsp3) is 0.143. The van der Waals surface area contributed by atoms with Gasteiger partial charge in [0.25, 0.3) is 0 Å². The van der Waals surface area contributed by atoms with Crippen molar-refractivity contribution in [3.8, 4) is 0 Å². The molecule has 1 atom stereocenters. The van der Waals surface area contributed by atoms with Crippen LogP contribution in [0.2, 0.25) is 0 Å². The normalized spacial score (nSPS) is 19.7. The first-order valence-corrected chi connectivity index (χ1v) is 8.19. The number of benzene rings is 2. The van der Waals surface area contributed by atoms with Crippen molar-refractivity contribution in [2.75, 3.05) is 5.32 Å². The summed E-state index contributed by atoms with van der Waals surface area (Å²) in [6.45, 7) is 0. The lowest BCUT2D eigenvalue weighted by Crippen LogP contribution is -2.22. The van der Waals surface area contributed by atoms with E-state index in [0.29, 0.717) is 6.42 Å². The van der Waals surface area contributed by atoms with E-state index in [1.165, 1.54) is 0 Å². The van der Waals surface area contributed by atoms with Gasteiger partial charge in [-0.25, -0.2) is 0 Å². The number of carbonyl (C=O) groups is 1. The monoisotopic (exact) mass is 314 g/mol. The molecule has 0 fully saturated rings. The Kier molecular flexibility index (Phi) is 3.83. The summed E-state index contributed by atoms with van der Waals surface area (Å²) in [5.74, 6) is 0.366. The standard InChI is InChI=1S/C21H18N2O/c24-21-13-16(11-10-15-6-2-1-3-7-15)12-20-17(21)14-22-18-8-4-5-9-19(18)23-20/h1-11,14,16,23H,12-13H2/b11-10+/t16-/m0/s1. The minimum atomic E-state index is 0.156. The highest BCUT2D eigenvalue weighted by atomic mass is 16.1. The molecule has 0 bridgehead atoms. The average Bonchev–Trinajstić information content (AvgIpc) is 2.80. The van der Waals surface area contributed by atoms with Crippen LogP contribution in [-0.4, -0.2) is 12.0 Å². The highest BCUT2D eigenvalue weighted by Crippen LogP contribution is 2.34. The van der Waals surface area contributed by atoms with Crippen molar-refractivity contribution in [1.82, 2.24) is 0 Å². The lowest BCUT2D eigenvalue weighted by atomic mass is 9.86. The van der Waals surface area contributed by atoms with Crippen molar-refractivity contribution in [3.05, 3.63) is 77.5 Å². The molecule has 0 saturated heterocycles. The SMILES string of the molecule is O=C1C[C@@H](/C=C/c2ccccc2)CC2=C1C=Nc1ccccc1N2. The van der Waals surface area contributed by atoms with E-state index in [1.807, 2.05) is 42.5 Å². The molecule has 0 unspecified atom stereocenters. The summed E-state index contributed by atoms with van der Waals surface area (Å²) >= 11 is 0. The maximum atomic E-state index is 12.5. The van der Waals surface area contributed by atoms with Gasteiger partial charge in [-0.05, 0) is 30.0 Å². The Morgan fingerprint density at radius 2 is 1.79 bits per heavy atom. The summed E-state index contributed by atoms with van der Waals surface area (Å²) in [5, 5.41) is 3.42. The van der Waals surface area contributed by atoms with Crippen LogP contribution in [0.3, 0.4) is 0 Å². The topological polar surface area (TPSA) is 41.5 Å². The van der Waals surface area contributed by atoms with Crippen molar-refractivity contribution in [3.63, 3.8) is 0 Å². The third-order valence-electron chi connectivity index (χ3n) is 4.42. The Balaban J connectivity index is 1.59. The molecule has 2 aromatic carbocycles. The average molecular weight is 314 g/mol. The number of anilines is 1. The quantitative estimate of drug-likeness (QED) is 0.868. The molecular weight excluding hydrogens is 296 g/mol. The number of nitrogens with zero attached hydrogens (tertiary/aromatic N) is 1. The van der Waals surface area contributed by atoms with Crippen LogP contribution in [0.4, 0.5) is 11.4 Å². The van der Waals surface area contributed by atoms with Crippen LogP contribution in [-0.2, 0) is 4.79 Å². The van der Waals surface area contributed by atoms with Gasteiger partial charge in [-0.15, -0.1) is 0 Å². The first kappa shape index (κ1) is 14.6. The summed E-state index contributed by atoms with van der Waals surface area (Å²) < 4.78 is 0. The number of hydrogen-bond donors (Lipinski definition) is 1. The molecule has 1 aliphatic heterocycles. The van der Waals surface area contributed by atoms with E-state index in [4.69, 9.17) is 0 Å². The van der Waals surface area contributed by atoms with Crippen LogP contribution < -0.4 is 5.32 Å². The van der Waals surface area contributed by atoms with Gasteiger partial charge in [-0.2, -0.15) is 0 Å². The fourth-order valence-corrected chi connectivity index (χ4v) is 3.16. The molecule has 2 aromatic rings. The molecule has 24 heavy (non-hydrogen) atoms. The zero-order valence-electron chi connectivity index (χ0n) is 13.3. The molecule has 0 spiro atoms. The predicted molar refractivity (Wildman–Crippen MR) is 98.4 cm³/mol.